The fraction of sp³-hybridized carbons (Fsp3) is 0.455. The molecule has 0 unspecified atom stereocenters. The molecule has 16 heavy (non-hydrogen) atoms. The van der Waals surface area contributed by atoms with Crippen LogP contribution in [0.25, 0.3) is 0 Å². The van der Waals surface area contributed by atoms with Crippen LogP contribution in [0.2, 0.25) is 0 Å². The van der Waals surface area contributed by atoms with Crippen molar-refractivity contribution in [3.63, 3.8) is 0 Å². The molecule has 0 fully saturated rings. The van der Waals surface area contributed by atoms with Crippen LogP contribution in [-0.4, -0.2) is 20.4 Å². The van der Waals surface area contributed by atoms with Crippen molar-refractivity contribution < 1.29 is 12.6 Å². The van der Waals surface area contributed by atoms with E-state index in [0.29, 0.717) is 0 Å². The van der Waals surface area contributed by atoms with E-state index in [-0.39, 0.29) is 17.4 Å². The molecule has 0 saturated heterocycles. The van der Waals surface area contributed by atoms with Crippen LogP contribution in [0.4, 0.5) is 0 Å². The molecule has 0 aliphatic heterocycles. The molecule has 3 nitrogen and oxygen atoms in total. The molecule has 1 aromatic rings. The van der Waals surface area contributed by atoms with Gasteiger partial charge in [0, 0.05) is 5.33 Å². The lowest BCUT2D eigenvalue weighted by Gasteiger charge is -2.09. The number of alkyl halides is 1. The molecule has 0 amide bonds. The topological polar surface area (TPSA) is 43.4 Å². The molecule has 90 valence electrons. The third-order valence-electron chi connectivity index (χ3n) is 2.08. The summed E-state index contributed by atoms with van der Waals surface area (Å²) in [4.78, 5) is 0.208. The van der Waals surface area contributed by atoms with Gasteiger partial charge in [-0.1, -0.05) is 40.5 Å². The van der Waals surface area contributed by atoms with Gasteiger partial charge in [-0.2, -0.15) is 8.42 Å². The second-order valence-electron chi connectivity index (χ2n) is 3.81. The van der Waals surface area contributed by atoms with Crippen molar-refractivity contribution >= 4 is 26.0 Å². The average molecular weight is 307 g/mol. The highest BCUT2D eigenvalue weighted by Gasteiger charge is 2.15. The maximum absolute atomic E-state index is 11.7. The van der Waals surface area contributed by atoms with Gasteiger partial charge in [0.05, 0.1) is 11.5 Å². The maximum Gasteiger partial charge on any atom is 0.296 e. The van der Waals surface area contributed by atoms with Crippen molar-refractivity contribution in [3.05, 3.63) is 29.8 Å². The van der Waals surface area contributed by atoms with E-state index in [1.807, 2.05) is 13.8 Å². The van der Waals surface area contributed by atoms with Gasteiger partial charge in [0.2, 0.25) is 0 Å². The summed E-state index contributed by atoms with van der Waals surface area (Å²) in [5, 5.41) is 0.719. The molecule has 0 bridgehead atoms. The molecule has 5 heteroatoms. The second kappa shape index (κ2) is 5.80. The summed E-state index contributed by atoms with van der Waals surface area (Å²) in [7, 11) is -3.60. The first kappa shape index (κ1) is 13.7. The number of aryl methyl sites for hydroxylation is 1. The molecule has 0 radical (unpaired) electrons. The molecule has 0 aromatic heterocycles. The van der Waals surface area contributed by atoms with Gasteiger partial charge in [0.15, 0.2) is 0 Å². The van der Waals surface area contributed by atoms with Gasteiger partial charge in [0.25, 0.3) is 10.1 Å². The van der Waals surface area contributed by atoms with Crippen LogP contribution in [0.15, 0.2) is 29.2 Å². The van der Waals surface area contributed by atoms with Crippen molar-refractivity contribution in [2.45, 2.75) is 18.7 Å². The first-order valence-electron chi connectivity index (χ1n) is 4.98. The molecule has 0 aliphatic carbocycles. The minimum Gasteiger partial charge on any atom is -0.266 e. The van der Waals surface area contributed by atoms with Gasteiger partial charge < -0.3 is 0 Å². The Labute approximate surface area is 105 Å². The number of halogens is 1. The standard InChI is InChI=1S/C11H15BrO3S/c1-9-3-5-11(6-4-9)16(13,14)15-8-10(2)7-12/h3-6,10H,7-8H2,1-2H3/t10-/m0/s1. The Morgan fingerprint density at radius 1 is 1.31 bits per heavy atom. The van der Waals surface area contributed by atoms with Crippen LogP contribution in [0.3, 0.4) is 0 Å². The summed E-state index contributed by atoms with van der Waals surface area (Å²) in [6.07, 6.45) is 0. The van der Waals surface area contributed by atoms with Gasteiger partial charge in [0.1, 0.15) is 0 Å². The van der Waals surface area contributed by atoms with Gasteiger partial charge in [-0.25, -0.2) is 0 Å². The smallest absolute Gasteiger partial charge is 0.266 e. The molecule has 1 atom stereocenters. The fourth-order valence-electron chi connectivity index (χ4n) is 1.02. The predicted molar refractivity (Wildman–Crippen MR) is 67.3 cm³/mol. The summed E-state index contributed by atoms with van der Waals surface area (Å²) in [6, 6.07) is 6.63. The zero-order valence-corrected chi connectivity index (χ0v) is 11.7. The first-order chi connectivity index (χ1) is 7.45. The first-order valence-corrected chi connectivity index (χ1v) is 7.50. The van der Waals surface area contributed by atoms with Crippen molar-refractivity contribution in [2.24, 2.45) is 5.92 Å². The average Bonchev–Trinajstić information content (AvgIpc) is 2.26. The summed E-state index contributed by atoms with van der Waals surface area (Å²) in [5.41, 5.74) is 1.02. The molecular formula is C11H15BrO3S. The number of benzene rings is 1. The van der Waals surface area contributed by atoms with Gasteiger partial charge in [-0.3, -0.25) is 4.18 Å². The molecule has 0 N–H and O–H groups in total. The third kappa shape index (κ3) is 3.88. The minimum absolute atomic E-state index is 0.167. The van der Waals surface area contributed by atoms with Crippen molar-refractivity contribution in [2.75, 3.05) is 11.9 Å². The second-order valence-corrected chi connectivity index (χ2v) is 6.07. The van der Waals surface area contributed by atoms with Gasteiger partial charge in [-0.15, -0.1) is 0 Å². The Kier molecular flexibility index (Phi) is 4.95. The van der Waals surface area contributed by atoms with Crippen LogP contribution in [-0.2, 0) is 14.3 Å². The van der Waals surface area contributed by atoms with E-state index in [4.69, 9.17) is 4.18 Å². The Morgan fingerprint density at radius 3 is 2.38 bits per heavy atom. The molecule has 0 heterocycles. The lowest BCUT2D eigenvalue weighted by molar-refractivity contribution is 0.278. The van der Waals surface area contributed by atoms with Crippen molar-refractivity contribution in [3.8, 4) is 0 Å². The quantitative estimate of drug-likeness (QED) is 0.620. The van der Waals surface area contributed by atoms with Crippen LogP contribution < -0.4 is 0 Å². The molecule has 0 spiro atoms. The number of hydrogen-bond acceptors (Lipinski definition) is 3. The summed E-state index contributed by atoms with van der Waals surface area (Å²) >= 11 is 3.27. The van der Waals surface area contributed by atoms with E-state index >= 15 is 0 Å². The van der Waals surface area contributed by atoms with Gasteiger partial charge in [-0.05, 0) is 25.0 Å². The largest absolute Gasteiger partial charge is 0.296 e. The zero-order valence-electron chi connectivity index (χ0n) is 9.31. The number of hydrogen-bond donors (Lipinski definition) is 0. The van der Waals surface area contributed by atoms with E-state index in [9.17, 15) is 8.42 Å². The maximum atomic E-state index is 11.7. The molecule has 0 saturated carbocycles. The van der Waals surface area contributed by atoms with E-state index in [0.717, 1.165) is 10.9 Å². The normalized spacial score (nSPS) is 13.7. The monoisotopic (exact) mass is 306 g/mol. The molecule has 0 aliphatic rings. The fourth-order valence-corrected chi connectivity index (χ4v) is 2.23. The van der Waals surface area contributed by atoms with Gasteiger partial charge >= 0.3 is 0 Å². The third-order valence-corrected chi connectivity index (χ3v) is 4.48. The molecule has 1 aromatic carbocycles. The molecular weight excluding hydrogens is 292 g/mol. The van der Waals surface area contributed by atoms with E-state index in [1.54, 1.807) is 24.3 Å². The minimum atomic E-state index is -3.60. The SMILES string of the molecule is Cc1ccc(S(=O)(=O)OC[C@@H](C)CBr)cc1. The number of rotatable bonds is 5. The summed E-state index contributed by atoms with van der Waals surface area (Å²) in [5.74, 6) is 0.167. The Hall–Kier alpha value is -0.390. The van der Waals surface area contributed by atoms with Crippen molar-refractivity contribution in [1.29, 1.82) is 0 Å². The Bertz CT molecular complexity index is 425. The lowest BCUT2D eigenvalue weighted by Crippen LogP contribution is -2.13. The van der Waals surface area contributed by atoms with E-state index in [2.05, 4.69) is 15.9 Å². The van der Waals surface area contributed by atoms with Crippen LogP contribution in [0, 0.1) is 12.8 Å². The highest BCUT2D eigenvalue weighted by molar-refractivity contribution is 9.09. The van der Waals surface area contributed by atoms with Crippen molar-refractivity contribution in [1.82, 2.24) is 0 Å². The van der Waals surface area contributed by atoms with E-state index in [1.165, 1.54) is 0 Å². The summed E-state index contributed by atoms with van der Waals surface area (Å²) < 4.78 is 28.4. The Morgan fingerprint density at radius 2 is 1.88 bits per heavy atom. The predicted octanol–water partition coefficient (Wildman–Crippen LogP) is 2.73. The molecule has 1 rings (SSSR count). The zero-order chi connectivity index (χ0) is 12.2. The van der Waals surface area contributed by atoms with Crippen LogP contribution in [0.1, 0.15) is 12.5 Å². The Balaban J connectivity index is 2.74. The van der Waals surface area contributed by atoms with Crippen LogP contribution >= 0.6 is 15.9 Å². The van der Waals surface area contributed by atoms with Crippen LogP contribution in [0.5, 0.6) is 0 Å². The van der Waals surface area contributed by atoms with E-state index < -0.39 is 10.1 Å². The highest BCUT2D eigenvalue weighted by Crippen LogP contribution is 2.14. The highest BCUT2D eigenvalue weighted by atomic mass is 79.9. The lowest BCUT2D eigenvalue weighted by atomic mass is 10.2. The summed E-state index contributed by atoms with van der Waals surface area (Å²) in [6.45, 7) is 4.02.